The molecule has 3 nitrogen and oxygen atoms in total. The number of nitrogens with one attached hydrogen (secondary N) is 1. The van der Waals surface area contributed by atoms with Crippen molar-refractivity contribution in [1.82, 2.24) is 10.3 Å². The minimum atomic E-state index is 0.751. The highest BCUT2D eigenvalue weighted by Gasteiger charge is 2.19. The Labute approximate surface area is 120 Å². The summed E-state index contributed by atoms with van der Waals surface area (Å²) in [6.45, 7) is 5.73. The van der Waals surface area contributed by atoms with Crippen LogP contribution in [0.4, 0.5) is 5.13 Å². The topological polar surface area (TPSA) is 28.2 Å². The van der Waals surface area contributed by atoms with Gasteiger partial charge in [-0.1, -0.05) is 19.8 Å². The zero-order valence-electron chi connectivity index (χ0n) is 11.9. The molecule has 4 heteroatoms. The molecule has 1 aromatic rings. The van der Waals surface area contributed by atoms with E-state index in [4.69, 9.17) is 0 Å². The van der Waals surface area contributed by atoms with Crippen LogP contribution in [0.25, 0.3) is 0 Å². The van der Waals surface area contributed by atoms with Gasteiger partial charge in [0.1, 0.15) is 0 Å². The first-order valence-electron chi connectivity index (χ1n) is 7.74. The summed E-state index contributed by atoms with van der Waals surface area (Å²) in [6, 6.07) is 0.751. The van der Waals surface area contributed by atoms with Gasteiger partial charge in [-0.25, -0.2) is 4.98 Å². The number of hydrogen-bond donors (Lipinski definition) is 1. The average molecular weight is 279 g/mol. The molecule has 3 rings (SSSR count). The van der Waals surface area contributed by atoms with Crippen molar-refractivity contribution in [3.8, 4) is 0 Å². The second kappa shape index (κ2) is 6.23. The predicted octanol–water partition coefficient (Wildman–Crippen LogP) is 3.41. The second-order valence-corrected chi connectivity index (χ2v) is 7.23. The first-order valence-corrected chi connectivity index (χ1v) is 8.56. The molecule has 1 aliphatic carbocycles. The van der Waals surface area contributed by atoms with Gasteiger partial charge in [-0.2, -0.15) is 0 Å². The van der Waals surface area contributed by atoms with Crippen LogP contribution in [-0.4, -0.2) is 24.1 Å². The summed E-state index contributed by atoms with van der Waals surface area (Å²) in [5.41, 5.74) is 0. The van der Waals surface area contributed by atoms with Crippen molar-refractivity contribution in [3.63, 3.8) is 0 Å². The van der Waals surface area contributed by atoms with Crippen molar-refractivity contribution >= 4 is 16.5 Å². The normalized spacial score (nSPS) is 22.3. The predicted molar refractivity (Wildman–Crippen MR) is 81.8 cm³/mol. The fourth-order valence-corrected chi connectivity index (χ4v) is 4.01. The first kappa shape index (κ1) is 13.4. The summed E-state index contributed by atoms with van der Waals surface area (Å²) in [6.07, 6.45) is 10.2. The average Bonchev–Trinajstić information content (AvgIpc) is 3.09. The third-order valence-corrected chi connectivity index (χ3v) is 5.57. The second-order valence-electron chi connectivity index (χ2n) is 6.14. The molecule has 0 amide bonds. The van der Waals surface area contributed by atoms with E-state index in [1.165, 1.54) is 61.6 Å². The van der Waals surface area contributed by atoms with E-state index in [0.717, 1.165) is 18.5 Å². The monoisotopic (exact) mass is 279 g/mol. The lowest BCUT2D eigenvalue weighted by atomic mass is 10.00. The molecule has 0 spiro atoms. The molecule has 0 unspecified atom stereocenters. The molecule has 1 saturated carbocycles. The summed E-state index contributed by atoms with van der Waals surface area (Å²) in [5, 5.41) is 4.90. The zero-order chi connectivity index (χ0) is 13.1. The minimum Gasteiger partial charge on any atom is -0.348 e. The standard InChI is InChI=1S/C15H25N3S/c1-12-6-8-18(9-7-12)15-17-11-14(19-15)10-16-13-4-2-3-5-13/h11-13,16H,2-10H2,1H3. The zero-order valence-corrected chi connectivity index (χ0v) is 12.7. The highest BCUT2D eigenvalue weighted by molar-refractivity contribution is 7.15. The summed E-state index contributed by atoms with van der Waals surface area (Å²) < 4.78 is 0. The van der Waals surface area contributed by atoms with E-state index in [9.17, 15) is 0 Å². The summed E-state index contributed by atoms with van der Waals surface area (Å²) in [4.78, 5) is 8.47. The third kappa shape index (κ3) is 3.48. The van der Waals surface area contributed by atoms with E-state index in [1.807, 2.05) is 11.3 Å². The first-order chi connectivity index (χ1) is 9.31. The Balaban J connectivity index is 1.51. The Hall–Kier alpha value is -0.610. The largest absolute Gasteiger partial charge is 0.348 e. The summed E-state index contributed by atoms with van der Waals surface area (Å²) >= 11 is 1.88. The van der Waals surface area contributed by atoms with Crippen molar-refractivity contribution in [2.45, 2.75) is 58.0 Å². The Morgan fingerprint density at radius 1 is 1.26 bits per heavy atom. The molecular formula is C15H25N3S. The van der Waals surface area contributed by atoms with Gasteiger partial charge < -0.3 is 10.2 Å². The summed E-state index contributed by atoms with van der Waals surface area (Å²) in [7, 11) is 0. The van der Waals surface area contributed by atoms with Crippen LogP contribution in [0, 0.1) is 5.92 Å². The van der Waals surface area contributed by atoms with Crippen LogP contribution in [0.3, 0.4) is 0 Å². The molecule has 2 heterocycles. The lowest BCUT2D eigenvalue weighted by molar-refractivity contribution is 0.438. The maximum Gasteiger partial charge on any atom is 0.185 e. The molecule has 1 saturated heterocycles. The molecule has 2 fully saturated rings. The molecule has 1 aliphatic heterocycles. The van der Waals surface area contributed by atoms with E-state index >= 15 is 0 Å². The van der Waals surface area contributed by atoms with Crippen molar-refractivity contribution in [3.05, 3.63) is 11.1 Å². The van der Waals surface area contributed by atoms with Gasteiger partial charge in [0.05, 0.1) is 0 Å². The van der Waals surface area contributed by atoms with Crippen molar-refractivity contribution < 1.29 is 0 Å². The Morgan fingerprint density at radius 3 is 2.74 bits per heavy atom. The van der Waals surface area contributed by atoms with Crippen molar-refractivity contribution in [1.29, 1.82) is 0 Å². The molecule has 1 aromatic heterocycles. The molecular weight excluding hydrogens is 254 g/mol. The quantitative estimate of drug-likeness (QED) is 0.915. The van der Waals surface area contributed by atoms with Crippen LogP contribution in [0.1, 0.15) is 50.3 Å². The van der Waals surface area contributed by atoms with E-state index < -0.39 is 0 Å². The number of hydrogen-bond acceptors (Lipinski definition) is 4. The van der Waals surface area contributed by atoms with E-state index in [1.54, 1.807) is 0 Å². The molecule has 2 aliphatic rings. The van der Waals surface area contributed by atoms with Gasteiger partial charge in [-0.15, -0.1) is 11.3 Å². The smallest absolute Gasteiger partial charge is 0.185 e. The number of nitrogens with zero attached hydrogens (tertiary/aromatic N) is 2. The van der Waals surface area contributed by atoms with Crippen LogP contribution in [0.2, 0.25) is 0 Å². The van der Waals surface area contributed by atoms with Crippen LogP contribution >= 0.6 is 11.3 Å². The highest BCUT2D eigenvalue weighted by atomic mass is 32.1. The molecule has 0 atom stereocenters. The van der Waals surface area contributed by atoms with Gasteiger partial charge in [-0.05, 0) is 31.6 Å². The molecule has 0 bridgehead atoms. The van der Waals surface area contributed by atoms with Gasteiger partial charge in [0.2, 0.25) is 0 Å². The molecule has 0 aromatic carbocycles. The van der Waals surface area contributed by atoms with Crippen LogP contribution in [-0.2, 0) is 6.54 Å². The molecule has 106 valence electrons. The lowest BCUT2D eigenvalue weighted by Crippen LogP contribution is -2.32. The fraction of sp³-hybridized carbons (Fsp3) is 0.800. The van der Waals surface area contributed by atoms with Crippen LogP contribution < -0.4 is 10.2 Å². The number of piperidine rings is 1. The van der Waals surface area contributed by atoms with E-state index in [-0.39, 0.29) is 0 Å². The van der Waals surface area contributed by atoms with Crippen molar-refractivity contribution in [2.24, 2.45) is 5.92 Å². The van der Waals surface area contributed by atoms with Crippen molar-refractivity contribution in [2.75, 3.05) is 18.0 Å². The lowest BCUT2D eigenvalue weighted by Gasteiger charge is -2.29. The van der Waals surface area contributed by atoms with Gasteiger partial charge >= 0.3 is 0 Å². The van der Waals surface area contributed by atoms with Gasteiger partial charge in [0.25, 0.3) is 0 Å². The van der Waals surface area contributed by atoms with Crippen LogP contribution in [0.5, 0.6) is 0 Å². The van der Waals surface area contributed by atoms with Gasteiger partial charge in [-0.3, -0.25) is 0 Å². The molecule has 1 N–H and O–H groups in total. The number of rotatable bonds is 4. The van der Waals surface area contributed by atoms with E-state index in [0.29, 0.717) is 0 Å². The minimum absolute atomic E-state index is 0.751. The Bertz CT molecular complexity index is 390. The summed E-state index contributed by atoms with van der Waals surface area (Å²) in [5.74, 6) is 0.889. The van der Waals surface area contributed by atoms with Crippen LogP contribution in [0.15, 0.2) is 6.20 Å². The maximum absolute atomic E-state index is 4.61. The fourth-order valence-electron chi connectivity index (χ4n) is 3.10. The van der Waals surface area contributed by atoms with E-state index in [2.05, 4.69) is 28.3 Å². The maximum atomic E-state index is 4.61. The molecule has 19 heavy (non-hydrogen) atoms. The third-order valence-electron chi connectivity index (χ3n) is 4.52. The number of aromatic nitrogens is 1. The number of thiazole rings is 1. The Morgan fingerprint density at radius 2 is 2.00 bits per heavy atom. The number of anilines is 1. The van der Waals surface area contributed by atoms with Gasteiger partial charge in [0.15, 0.2) is 5.13 Å². The SMILES string of the molecule is CC1CCN(c2ncc(CNC3CCCC3)s2)CC1. The molecule has 0 radical (unpaired) electrons. The van der Waals surface area contributed by atoms with Gasteiger partial charge in [0, 0.05) is 36.8 Å². The highest BCUT2D eigenvalue weighted by Crippen LogP contribution is 2.27. The Kier molecular flexibility index (Phi) is 4.38.